The van der Waals surface area contributed by atoms with Crippen molar-refractivity contribution in [2.75, 3.05) is 19.6 Å². The van der Waals surface area contributed by atoms with Gasteiger partial charge in [0.25, 0.3) is 5.91 Å². The summed E-state index contributed by atoms with van der Waals surface area (Å²) in [5.41, 5.74) is 1.97. The van der Waals surface area contributed by atoms with Gasteiger partial charge >= 0.3 is 6.09 Å². The third-order valence-corrected chi connectivity index (χ3v) is 9.52. The second kappa shape index (κ2) is 12.9. The second-order valence-corrected chi connectivity index (χ2v) is 14.1. The van der Waals surface area contributed by atoms with Gasteiger partial charge in [-0.3, -0.25) is 14.4 Å². The van der Waals surface area contributed by atoms with Crippen LogP contribution in [0.3, 0.4) is 0 Å². The molecule has 236 valence electrons. The summed E-state index contributed by atoms with van der Waals surface area (Å²) in [6.07, 6.45) is 2.73. The van der Waals surface area contributed by atoms with Crippen molar-refractivity contribution < 1.29 is 24.0 Å². The molecule has 1 aliphatic carbocycles. The molecule has 3 aliphatic heterocycles. The fraction of sp³-hybridized carbons (Fsp3) is 0.571. The highest BCUT2D eigenvalue weighted by atomic mass is 16.7. The van der Waals surface area contributed by atoms with Crippen molar-refractivity contribution >= 4 is 17.9 Å². The molecule has 0 aromatic heterocycles. The van der Waals surface area contributed by atoms with E-state index in [-0.39, 0.29) is 36.4 Å². The fourth-order valence-corrected chi connectivity index (χ4v) is 7.09. The predicted octanol–water partition coefficient (Wildman–Crippen LogP) is 4.76. The molecule has 1 saturated carbocycles. The molecule has 4 aliphatic rings. The average Bonchev–Trinajstić information content (AvgIpc) is 3.51. The van der Waals surface area contributed by atoms with Crippen molar-refractivity contribution in [1.82, 2.24) is 20.2 Å². The minimum atomic E-state index is -0.836. The third-order valence-electron chi connectivity index (χ3n) is 9.52. The van der Waals surface area contributed by atoms with E-state index in [1.165, 1.54) is 10.6 Å². The van der Waals surface area contributed by atoms with E-state index in [1.54, 1.807) is 4.90 Å². The van der Waals surface area contributed by atoms with Crippen LogP contribution in [0, 0.1) is 17.3 Å². The van der Waals surface area contributed by atoms with Crippen LogP contribution in [0.4, 0.5) is 4.79 Å². The number of hydrogen-bond acceptors (Lipinski definition) is 6. The van der Waals surface area contributed by atoms with E-state index in [1.807, 2.05) is 41.3 Å². The van der Waals surface area contributed by atoms with Gasteiger partial charge in [-0.25, -0.2) is 4.79 Å². The van der Waals surface area contributed by atoms with Crippen molar-refractivity contribution in [1.29, 1.82) is 0 Å². The monoisotopic (exact) mass is 602 g/mol. The zero-order chi connectivity index (χ0) is 30.8. The van der Waals surface area contributed by atoms with Crippen molar-refractivity contribution in [2.45, 2.75) is 90.3 Å². The lowest BCUT2D eigenvalue weighted by atomic mass is 9.85. The van der Waals surface area contributed by atoms with Crippen LogP contribution in [0.15, 0.2) is 60.7 Å². The number of amides is 3. The van der Waals surface area contributed by atoms with E-state index in [0.29, 0.717) is 31.2 Å². The molecule has 3 amide bonds. The number of carbonyl (C=O) groups is 3. The number of nitrogens with one attached hydrogen (secondary N) is 1. The molecule has 0 bridgehead atoms. The summed E-state index contributed by atoms with van der Waals surface area (Å²) in [6, 6.07) is 19.3. The van der Waals surface area contributed by atoms with Crippen LogP contribution >= 0.6 is 0 Å². The van der Waals surface area contributed by atoms with Gasteiger partial charge in [-0.15, -0.1) is 0 Å². The molecule has 9 nitrogen and oxygen atoms in total. The molecule has 2 aromatic carbocycles. The zero-order valence-electron chi connectivity index (χ0n) is 26.2. The first-order chi connectivity index (χ1) is 21.2. The van der Waals surface area contributed by atoms with Crippen molar-refractivity contribution in [3.8, 4) is 0 Å². The molecule has 3 heterocycles. The van der Waals surface area contributed by atoms with E-state index in [4.69, 9.17) is 9.57 Å². The van der Waals surface area contributed by atoms with E-state index >= 15 is 0 Å². The van der Waals surface area contributed by atoms with Crippen LogP contribution in [0.2, 0.25) is 0 Å². The number of aryl methyl sites for hydroxylation is 1. The van der Waals surface area contributed by atoms with E-state index < -0.39 is 24.4 Å². The SMILES string of the molecule is CC(C)(C)C[C@H]1C(=O)N([C@@H]2CCNC2)C[C@@H]2N(C(=O)OCc3ccccc3)O[C@H](C[C@H]3C[C@@H]3CCc3ccccc3)C(=O)N21. The minimum Gasteiger partial charge on any atom is -0.443 e. The van der Waals surface area contributed by atoms with Gasteiger partial charge in [0.2, 0.25) is 5.91 Å². The minimum absolute atomic E-state index is 0.0129. The molecule has 0 radical (unpaired) electrons. The first-order valence-electron chi connectivity index (χ1n) is 16.2. The van der Waals surface area contributed by atoms with E-state index in [2.05, 4.69) is 50.4 Å². The molecule has 0 unspecified atom stereocenters. The van der Waals surface area contributed by atoms with Crippen molar-refractivity contribution in [3.63, 3.8) is 0 Å². The van der Waals surface area contributed by atoms with Crippen LogP contribution in [-0.2, 0) is 32.2 Å². The average molecular weight is 603 g/mol. The number of hydrogen-bond donors (Lipinski definition) is 1. The summed E-state index contributed by atoms with van der Waals surface area (Å²) in [5.74, 6) is 0.627. The molecular formula is C35H46N4O5. The first kappa shape index (κ1) is 30.6. The highest BCUT2D eigenvalue weighted by molar-refractivity contribution is 5.92. The van der Waals surface area contributed by atoms with Crippen LogP contribution in [0.25, 0.3) is 0 Å². The molecule has 1 N–H and O–H groups in total. The lowest BCUT2D eigenvalue weighted by molar-refractivity contribution is -0.270. The van der Waals surface area contributed by atoms with Gasteiger partial charge < -0.3 is 19.9 Å². The quantitative estimate of drug-likeness (QED) is 0.445. The Morgan fingerprint density at radius 2 is 1.68 bits per heavy atom. The lowest BCUT2D eigenvalue weighted by Crippen LogP contribution is -2.74. The molecule has 6 atom stereocenters. The topological polar surface area (TPSA) is 91.4 Å². The lowest BCUT2D eigenvalue weighted by Gasteiger charge is -2.54. The number of nitrogens with zero attached hydrogens (tertiary/aromatic N) is 3. The number of piperazine rings is 1. The van der Waals surface area contributed by atoms with Crippen LogP contribution < -0.4 is 5.32 Å². The van der Waals surface area contributed by atoms with Gasteiger partial charge in [-0.05, 0) is 73.4 Å². The van der Waals surface area contributed by atoms with Gasteiger partial charge in [-0.1, -0.05) is 81.4 Å². The van der Waals surface area contributed by atoms with Crippen LogP contribution in [-0.4, -0.2) is 76.8 Å². The first-order valence-corrected chi connectivity index (χ1v) is 16.2. The number of carbonyl (C=O) groups excluding carboxylic acids is 3. The van der Waals surface area contributed by atoms with E-state index in [0.717, 1.165) is 37.8 Å². The van der Waals surface area contributed by atoms with Gasteiger partial charge in [0, 0.05) is 12.6 Å². The maximum Gasteiger partial charge on any atom is 0.436 e. The summed E-state index contributed by atoms with van der Waals surface area (Å²) in [4.78, 5) is 52.0. The Morgan fingerprint density at radius 1 is 0.977 bits per heavy atom. The van der Waals surface area contributed by atoms with Gasteiger partial charge in [0.05, 0.1) is 6.54 Å². The molecule has 44 heavy (non-hydrogen) atoms. The van der Waals surface area contributed by atoms with Gasteiger partial charge in [0.15, 0.2) is 12.3 Å². The number of benzene rings is 2. The molecule has 4 fully saturated rings. The molecule has 0 spiro atoms. The maximum atomic E-state index is 14.3. The van der Waals surface area contributed by atoms with Crippen LogP contribution in [0.5, 0.6) is 0 Å². The smallest absolute Gasteiger partial charge is 0.436 e. The number of hydroxylamine groups is 2. The van der Waals surface area contributed by atoms with Crippen molar-refractivity contribution in [2.24, 2.45) is 17.3 Å². The molecule has 6 rings (SSSR count). The molecule has 9 heteroatoms. The molecular weight excluding hydrogens is 556 g/mol. The third kappa shape index (κ3) is 6.94. The van der Waals surface area contributed by atoms with E-state index in [9.17, 15) is 14.4 Å². The van der Waals surface area contributed by atoms with Gasteiger partial charge in [0.1, 0.15) is 12.6 Å². The molecule has 2 aromatic rings. The summed E-state index contributed by atoms with van der Waals surface area (Å²) < 4.78 is 5.76. The standard InChI is InChI=1S/C35H46N4O5/c1-35(2,3)20-29-32(40)37(28-16-17-36-21-28)22-31-38(29)33(41)30(19-27-18-26(27)15-14-24-10-6-4-7-11-24)44-39(31)34(42)43-23-25-12-8-5-9-13-25/h4-13,26-31,36H,14-23H2,1-3H3/t26-,27+,28+,29-,30+,31-/m0/s1. The Hall–Kier alpha value is -3.43. The Labute approximate surface area is 260 Å². The summed E-state index contributed by atoms with van der Waals surface area (Å²) in [7, 11) is 0. The number of fused-ring (bicyclic) bond motifs is 1. The Balaban J connectivity index is 1.23. The number of ether oxygens (including phenoxy) is 1. The van der Waals surface area contributed by atoms with Gasteiger partial charge in [-0.2, -0.15) is 5.06 Å². The highest BCUT2D eigenvalue weighted by Crippen LogP contribution is 2.47. The summed E-state index contributed by atoms with van der Waals surface area (Å²) in [5, 5.41) is 4.63. The Bertz CT molecular complexity index is 1310. The predicted molar refractivity (Wildman–Crippen MR) is 166 cm³/mol. The fourth-order valence-electron chi connectivity index (χ4n) is 7.09. The maximum absolute atomic E-state index is 14.3. The highest BCUT2D eigenvalue weighted by Gasteiger charge is 2.56. The largest absolute Gasteiger partial charge is 0.443 e. The Morgan fingerprint density at radius 3 is 2.34 bits per heavy atom. The summed E-state index contributed by atoms with van der Waals surface area (Å²) >= 11 is 0. The number of rotatable bonds is 9. The van der Waals surface area contributed by atoms with Crippen LogP contribution in [0.1, 0.15) is 64.0 Å². The normalized spacial score (nSPS) is 28.7. The molecule has 3 saturated heterocycles. The Kier molecular flexibility index (Phi) is 8.96. The second-order valence-electron chi connectivity index (χ2n) is 14.1. The zero-order valence-corrected chi connectivity index (χ0v) is 26.2. The van der Waals surface area contributed by atoms with Crippen molar-refractivity contribution in [3.05, 3.63) is 71.8 Å². The summed E-state index contributed by atoms with van der Waals surface area (Å²) in [6.45, 7) is 8.08.